The van der Waals surface area contributed by atoms with Crippen LogP contribution in [0.25, 0.3) is 17.2 Å². The quantitative estimate of drug-likeness (QED) is 0.795. The molecule has 0 radical (unpaired) electrons. The van der Waals surface area contributed by atoms with Gasteiger partial charge < -0.3 is 5.32 Å². The second kappa shape index (κ2) is 5.84. The normalized spacial score (nSPS) is 10.6. The summed E-state index contributed by atoms with van der Waals surface area (Å²) in [6.45, 7) is 2.70. The molecule has 0 spiro atoms. The van der Waals surface area contributed by atoms with Crippen molar-refractivity contribution in [2.45, 2.75) is 6.92 Å². The molecule has 3 aromatic heterocycles. The highest BCUT2D eigenvalue weighted by Gasteiger charge is 2.09. The zero-order valence-electron chi connectivity index (χ0n) is 11.2. The van der Waals surface area contributed by atoms with Crippen LogP contribution in [0.5, 0.6) is 0 Å². The molecule has 3 aromatic rings. The van der Waals surface area contributed by atoms with Gasteiger partial charge in [0.1, 0.15) is 11.3 Å². The van der Waals surface area contributed by atoms with Crippen molar-refractivity contribution in [1.82, 2.24) is 29.7 Å². The summed E-state index contributed by atoms with van der Waals surface area (Å²) in [7, 11) is 0. The van der Waals surface area contributed by atoms with E-state index in [4.69, 9.17) is 11.6 Å². The van der Waals surface area contributed by atoms with Crippen LogP contribution in [0.2, 0.25) is 5.02 Å². The summed E-state index contributed by atoms with van der Waals surface area (Å²) in [6, 6.07) is 1.81. The van der Waals surface area contributed by atoms with Crippen LogP contribution >= 0.6 is 11.6 Å². The molecule has 1 N–H and O–H groups in total. The largest absolute Gasteiger partial charge is 0.369 e. The topological polar surface area (TPSA) is 81.4 Å². The van der Waals surface area contributed by atoms with E-state index in [1.165, 1.54) is 6.33 Å². The van der Waals surface area contributed by atoms with Gasteiger partial charge >= 0.3 is 0 Å². The minimum absolute atomic E-state index is 0.440. The molecular formula is C13H12ClN7. The first-order chi connectivity index (χ1) is 10.3. The summed E-state index contributed by atoms with van der Waals surface area (Å²) in [4.78, 5) is 16.6. The Kier molecular flexibility index (Phi) is 3.74. The van der Waals surface area contributed by atoms with E-state index in [1.54, 1.807) is 29.5 Å². The Morgan fingerprint density at radius 3 is 2.95 bits per heavy atom. The third-order valence-electron chi connectivity index (χ3n) is 2.74. The van der Waals surface area contributed by atoms with Gasteiger partial charge in [-0.3, -0.25) is 0 Å². The van der Waals surface area contributed by atoms with Gasteiger partial charge in [0, 0.05) is 24.5 Å². The molecule has 21 heavy (non-hydrogen) atoms. The number of nitrogens with one attached hydrogen (secondary N) is 1. The van der Waals surface area contributed by atoms with E-state index >= 15 is 0 Å². The molecule has 3 heterocycles. The van der Waals surface area contributed by atoms with Gasteiger partial charge in [-0.1, -0.05) is 11.6 Å². The van der Waals surface area contributed by atoms with E-state index in [-0.39, 0.29) is 0 Å². The Hall–Kier alpha value is -2.54. The molecule has 0 saturated carbocycles. The van der Waals surface area contributed by atoms with Crippen molar-refractivity contribution in [3.05, 3.63) is 42.2 Å². The lowest BCUT2D eigenvalue weighted by Crippen LogP contribution is -2.06. The van der Waals surface area contributed by atoms with Crippen LogP contribution in [0, 0.1) is 0 Å². The smallest absolute Gasteiger partial charge is 0.252 e. The average Bonchev–Trinajstić information content (AvgIpc) is 3.00. The second-order valence-corrected chi connectivity index (χ2v) is 4.57. The fraction of sp³-hybridized carbons (Fsp3) is 0.154. The van der Waals surface area contributed by atoms with Crippen molar-refractivity contribution < 1.29 is 0 Å². The molecule has 0 aliphatic carbocycles. The maximum atomic E-state index is 6.03. The van der Waals surface area contributed by atoms with Gasteiger partial charge in [-0.15, -0.1) is 0 Å². The third-order valence-corrected chi connectivity index (χ3v) is 3.02. The Morgan fingerprint density at radius 1 is 1.29 bits per heavy atom. The van der Waals surface area contributed by atoms with Crippen LogP contribution in [0.3, 0.4) is 0 Å². The molecule has 0 bridgehead atoms. The Bertz CT molecular complexity index is 741. The molecule has 3 rings (SSSR count). The van der Waals surface area contributed by atoms with Gasteiger partial charge in [0.05, 0.1) is 18.1 Å². The van der Waals surface area contributed by atoms with Gasteiger partial charge in [-0.05, 0) is 13.0 Å². The number of anilines is 1. The fourth-order valence-electron chi connectivity index (χ4n) is 1.79. The minimum atomic E-state index is 0.440. The number of halogens is 1. The van der Waals surface area contributed by atoms with Crippen molar-refractivity contribution in [3.63, 3.8) is 0 Å². The van der Waals surface area contributed by atoms with Crippen LogP contribution in [0.4, 0.5) is 5.82 Å². The first-order valence-electron chi connectivity index (χ1n) is 6.35. The molecule has 0 aromatic carbocycles. The summed E-state index contributed by atoms with van der Waals surface area (Å²) in [5, 5.41) is 7.81. The summed E-state index contributed by atoms with van der Waals surface area (Å²) in [5.74, 6) is 1.03. The maximum Gasteiger partial charge on any atom is 0.252 e. The van der Waals surface area contributed by atoms with E-state index in [1.807, 2.05) is 13.0 Å². The molecule has 0 fully saturated rings. The van der Waals surface area contributed by atoms with Crippen LogP contribution in [-0.2, 0) is 0 Å². The molecule has 106 valence electrons. The zero-order valence-corrected chi connectivity index (χ0v) is 12.0. The first kappa shape index (κ1) is 13.4. The number of rotatable bonds is 4. The lowest BCUT2D eigenvalue weighted by Gasteiger charge is -2.06. The molecule has 0 aliphatic rings. The number of nitrogens with zero attached hydrogens (tertiary/aromatic N) is 6. The zero-order chi connectivity index (χ0) is 14.7. The standard InChI is InChI=1S/C13H12ClN7/c1-2-16-12-10(14)6-17-13(20-12)21-7-9(5-19-21)11-3-4-15-8-18-11/h3-8H,2H2,1H3,(H,16,17,20). The van der Waals surface area contributed by atoms with Gasteiger partial charge in [-0.25, -0.2) is 19.6 Å². The molecule has 8 heteroatoms. The fourth-order valence-corrected chi connectivity index (χ4v) is 1.94. The molecular weight excluding hydrogens is 290 g/mol. The van der Waals surface area contributed by atoms with Crippen LogP contribution in [-0.4, -0.2) is 36.3 Å². The van der Waals surface area contributed by atoms with E-state index in [0.717, 1.165) is 17.8 Å². The minimum Gasteiger partial charge on any atom is -0.369 e. The van der Waals surface area contributed by atoms with Crippen molar-refractivity contribution in [1.29, 1.82) is 0 Å². The van der Waals surface area contributed by atoms with Crippen molar-refractivity contribution in [3.8, 4) is 17.2 Å². The van der Waals surface area contributed by atoms with Crippen LogP contribution < -0.4 is 5.32 Å². The van der Waals surface area contributed by atoms with E-state index in [0.29, 0.717) is 16.8 Å². The van der Waals surface area contributed by atoms with Crippen molar-refractivity contribution in [2.24, 2.45) is 0 Å². The number of aromatic nitrogens is 6. The van der Waals surface area contributed by atoms with Crippen LogP contribution in [0.15, 0.2) is 37.2 Å². The lowest BCUT2D eigenvalue weighted by atomic mass is 10.2. The number of hydrogen-bond acceptors (Lipinski definition) is 6. The predicted molar refractivity (Wildman–Crippen MR) is 79.4 cm³/mol. The molecule has 0 atom stereocenters. The summed E-state index contributed by atoms with van der Waals surface area (Å²) < 4.78 is 1.58. The molecule has 0 saturated heterocycles. The SMILES string of the molecule is CCNc1nc(-n2cc(-c3ccncn3)cn2)ncc1Cl. The summed E-state index contributed by atoms with van der Waals surface area (Å²) >= 11 is 6.03. The lowest BCUT2D eigenvalue weighted by molar-refractivity contribution is 0.808. The van der Waals surface area contributed by atoms with Crippen molar-refractivity contribution in [2.75, 3.05) is 11.9 Å². The highest BCUT2D eigenvalue weighted by molar-refractivity contribution is 6.32. The predicted octanol–water partition coefficient (Wildman–Crippen LogP) is 2.20. The summed E-state index contributed by atoms with van der Waals surface area (Å²) in [6.07, 6.45) is 8.24. The third kappa shape index (κ3) is 2.82. The highest BCUT2D eigenvalue weighted by Crippen LogP contribution is 2.20. The van der Waals surface area contributed by atoms with E-state index < -0.39 is 0 Å². The average molecular weight is 302 g/mol. The van der Waals surface area contributed by atoms with Gasteiger partial charge in [0.2, 0.25) is 0 Å². The monoisotopic (exact) mass is 301 g/mol. The van der Waals surface area contributed by atoms with E-state index in [9.17, 15) is 0 Å². The van der Waals surface area contributed by atoms with Crippen LogP contribution in [0.1, 0.15) is 6.92 Å². The van der Waals surface area contributed by atoms with Gasteiger partial charge in [0.15, 0.2) is 5.82 Å². The first-order valence-corrected chi connectivity index (χ1v) is 6.73. The molecule has 0 aliphatic heterocycles. The summed E-state index contributed by atoms with van der Waals surface area (Å²) in [5.41, 5.74) is 1.65. The Morgan fingerprint density at radius 2 is 2.19 bits per heavy atom. The van der Waals surface area contributed by atoms with Gasteiger partial charge in [-0.2, -0.15) is 10.1 Å². The molecule has 7 nitrogen and oxygen atoms in total. The highest BCUT2D eigenvalue weighted by atomic mass is 35.5. The van der Waals surface area contributed by atoms with E-state index in [2.05, 4.69) is 30.4 Å². The van der Waals surface area contributed by atoms with Crippen molar-refractivity contribution >= 4 is 17.4 Å². The molecule has 0 unspecified atom stereocenters. The number of hydrogen-bond donors (Lipinski definition) is 1. The Balaban J connectivity index is 1.95. The molecule has 0 amide bonds. The maximum absolute atomic E-state index is 6.03. The Labute approximate surface area is 126 Å². The second-order valence-electron chi connectivity index (χ2n) is 4.17. The van der Waals surface area contributed by atoms with Gasteiger partial charge in [0.25, 0.3) is 5.95 Å².